The van der Waals surface area contributed by atoms with E-state index in [1.165, 1.54) is 4.90 Å². The first-order valence-electron chi connectivity index (χ1n) is 5.62. The fourth-order valence-electron chi connectivity index (χ4n) is 1.14. The molecule has 0 fully saturated rings. The highest BCUT2D eigenvalue weighted by Gasteiger charge is 2.19. The second kappa shape index (κ2) is 7.96. The Morgan fingerprint density at radius 1 is 1.25 bits per heavy atom. The van der Waals surface area contributed by atoms with Gasteiger partial charge in [0.15, 0.2) is 0 Å². The zero-order valence-corrected chi connectivity index (χ0v) is 10.5. The molecular weight excluding hydrogens is 210 g/mol. The van der Waals surface area contributed by atoms with Crippen molar-refractivity contribution in [2.24, 2.45) is 0 Å². The Balaban J connectivity index is 4.25. The van der Waals surface area contributed by atoms with E-state index in [-0.39, 0.29) is 12.6 Å². The first kappa shape index (κ1) is 14.7. The molecule has 0 aromatic heterocycles. The molecule has 0 aromatic rings. The maximum absolute atomic E-state index is 11.6. The summed E-state index contributed by atoms with van der Waals surface area (Å²) in [6.07, 6.45) is 0.117. The van der Waals surface area contributed by atoms with Gasteiger partial charge < -0.3 is 9.47 Å². The van der Waals surface area contributed by atoms with Crippen LogP contribution in [0, 0.1) is 0 Å². The van der Waals surface area contributed by atoms with Gasteiger partial charge in [0, 0.05) is 6.54 Å². The molecule has 16 heavy (non-hydrogen) atoms. The number of carbonyl (C=O) groups excluding carboxylic acids is 2. The average Bonchev–Trinajstić information content (AvgIpc) is 2.16. The van der Waals surface area contributed by atoms with E-state index in [1.807, 2.05) is 6.92 Å². The summed E-state index contributed by atoms with van der Waals surface area (Å²) in [5, 5.41) is 0. The van der Waals surface area contributed by atoms with Crippen molar-refractivity contribution in [2.75, 3.05) is 19.7 Å². The van der Waals surface area contributed by atoms with Crippen LogP contribution in [0.3, 0.4) is 0 Å². The molecule has 0 aromatic carbocycles. The van der Waals surface area contributed by atoms with Crippen LogP contribution >= 0.6 is 0 Å². The van der Waals surface area contributed by atoms with Gasteiger partial charge in [-0.3, -0.25) is 9.69 Å². The molecule has 0 aliphatic heterocycles. The van der Waals surface area contributed by atoms with Crippen molar-refractivity contribution in [3.8, 4) is 0 Å². The van der Waals surface area contributed by atoms with Crippen LogP contribution in [0.1, 0.15) is 34.1 Å². The van der Waals surface area contributed by atoms with Gasteiger partial charge in [-0.1, -0.05) is 6.92 Å². The lowest BCUT2D eigenvalue weighted by Crippen LogP contribution is -2.38. The summed E-state index contributed by atoms with van der Waals surface area (Å²) in [5.74, 6) is -0.406. The van der Waals surface area contributed by atoms with Crippen molar-refractivity contribution in [1.29, 1.82) is 0 Å². The third-order valence-corrected chi connectivity index (χ3v) is 1.71. The van der Waals surface area contributed by atoms with Gasteiger partial charge in [-0.25, -0.2) is 4.79 Å². The summed E-state index contributed by atoms with van der Waals surface area (Å²) in [5.41, 5.74) is 0. The van der Waals surface area contributed by atoms with Gasteiger partial charge >= 0.3 is 12.1 Å². The van der Waals surface area contributed by atoms with Gasteiger partial charge in [-0.15, -0.1) is 0 Å². The Labute approximate surface area is 96.7 Å². The Kier molecular flexibility index (Phi) is 7.33. The summed E-state index contributed by atoms with van der Waals surface area (Å²) in [6, 6.07) is 0. The SMILES string of the molecule is CCCN(CC(=O)OCC)C(=O)OC(C)C. The van der Waals surface area contributed by atoms with Gasteiger partial charge in [0.1, 0.15) is 6.54 Å². The van der Waals surface area contributed by atoms with Crippen LogP contribution in [0.15, 0.2) is 0 Å². The summed E-state index contributed by atoms with van der Waals surface area (Å²) < 4.78 is 9.81. The van der Waals surface area contributed by atoms with Crippen molar-refractivity contribution < 1.29 is 19.1 Å². The topological polar surface area (TPSA) is 55.8 Å². The number of nitrogens with zero attached hydrogens (tertiary/aromatic N) is 1. The standard InChI is InChI=1S/C11H21NO4/c1-5-7-12(8-10(13)15-6-2)11(14)16-9(3)4/h9H,5-8H2,1-4H3. The predicted octanol–water partition coefficient (Wildman–Crippen LogP) is 1.81. The minimum atomic E-state index is -0.468. The van der Waals surface area contributed by atoms with Gasteiger partial charge in [0.2, 0.25) is 0 Å². The molecule has 0 bridgehead atoms. The second-order valence-corrected chi connectivity index (χ2v) is 3.66. The van der Waals surface area contributed by atoms with E-state index in [0.29, 0.717) is 13.2 Å². The van der Waals surface area contributed by atoms with Crippen molar-refractivity contribution in [1.82, 2.24) is 4.90 Å². The van der Waals surface area contributed by atoms with Crippen LogP contribution in [0.4, 0.5) is 4.79 Å². The number of carbonyl (C=O) groups is 2. The van der Waals surface area contributed by atoms with Gasteiger partial charge in [-0.05, 0) is 27.2 Å². The van der Waals surface area contributed by atoms with Gasteiger partial charge in [0.05, 0.1) is 12.7 Å². The normalized spacial score (nSPS) is 10.1. The fourth-order valence-corrected chi connectivity index (χ4v) is 1.14. The number of hydrogen-bond acceptors (Lipinski definition) is 4. The molecule has 94 valence electrons. The lowest BCUT2D eigenvalue weighted by molar-refractivity contribution is -0.144. The largest absolute Gasteiger partial charge is 0.465 e. The molecule has 5 nitrogen and oxygen atoms in total. The maximum Gasteiger partial charge on any atom is 0.410 e. The summed E-state index contributed by atoms with van der Waals surface area (Å²) in [7, 11) is 0. The molecule has 0 heterocycles. The second-order valence-electron chi connectivity index (χ2n) is 3.66. The molecule has 0 rings (SSSR count). The maximum atomic E-state index is 11.6. The van der Waals surface area contributed by atoms with Gasteiger partial charge in [-0.2, -0.15) is 0 Å². The van der Waals surface area contributed by atoms with E-state index < -0.39 is 12.1 Å². The van der Waals surface area contributed by atoms with Gasteiger partial charge in [0.25, 0.3) is 0 Å². The highest BCUT2D eigenvalue weighted by Crippen LogP contribution is 2.00. The Hall–Kier alpha value is -1.26. The molecule has 5 heteroatoms. The number of ether oxygens (including phenoxy) is 2. The van der Waals surface area contributed by atoms with Crippen LogP contribution in [-0.4, -0.2) is 42.8 Å². The monoisotopic (exact) mass is 231 g/mol. The van der Waals surface area contributed by atoms with E-state index >= 15 is 0 Å². The zero-order chi connectivity index (χ0) is 12.6. The number of hydrogen-bond donors (Lipinski definition) is 0. The molecular formula is C11H21NO4. The van der Waals surface area contributed by atoms with E-state index in [0.717, 1.165) is 6.42 Å². The number of amides is 1. The summed E-state index contributed by atoms with van der Waals surface area (Å²) >= 11 is 0. The van der Waals surface area contributed by atoms with E-state index in [9.17, 15) is 9.59 Å². The molecule has 0 saturated carbocycles. The molecule has 1 amide bonds. The molecule has 0 atom stereocenters. The lowest BCUT2D eigenvalue weighted by atomic mass is 10.4. The van der Waals surface area contributed by atoms with Crippen LogP contribution in [0.5, 0.6) is 0 Å². The van der Waals surface area contributed by atoms with Crippen molar-refractivity contribution in [2.45, 2.75) is 40.2 Å². The molecule has 0 unspecified atom stereocenters. The quantitative estimate of drug-likeness (QED) is 0.654. The van der Waals surface area contributed by atoms with Crippen LogP contribution < -0.4 is 0 Å². The van der Waals surface area contributed by atoms with Crippen LogP contribution in [0.2, 0.25) is 0 Å². The van der Waals surface area contributed by atoms with E-state index in [1.54, 1.807) is 20.8 Å². The minimum Gasteiger partial charge on any atom is -0.465 e. The van der Waals surface area contributed by atoms with Crippen molar-refractivity contribution in [3.05, 3.63) is 0 Å². The molecule has 0 radical (unpaired) electrons. The van der Waals surface area contributed by atoms with Crippen LogP contribution in [0.25, 0.3) is 0 Å². The minimum absolute atomic E-state index is 0.0484. The number of rotatable bonds is 6. The Morgan fingerprint density at radius 3 is 2.31 bits per heavy atom. The van der Waals surface area contributed by atoms with Crippen molar-refractivity contribution in [3.63, 3.8) is 0 Å². The summed E-state index contributed by atoms with van der Waals surface area (Å²) in [4.78, 5) is 24.2. The smallest absolute Gasteiger partial charge is 0.410 e. The fraction of sp³-hybridized carbons (Fsp3) is 0.818. The van der Waals surface area contributed by atoms with Crippen molar-refractivity contribution >= 4 is 12.1 Å². The first-order valence-corrected chi connectivity index (χ1v) is 5.62. The average molecular weight is 231 g/mol. The zero-order valence-electron chi connectivity index (χ0n) is 10.5. The van der Waals surface area contributed by atoms with E-state index in [4.69, 9.17) is 9.47 Å². The molecule has 0 saturated heterocycles. The third-order valence-electron chi connectivity index (χ3n) is 1.71. The molecule has 0 spiro atoms. The Morgan fingerprint density at radius 2 is 1.88 bits per heavy atom. The lowest BCUT2D eigenvalue weighted by Gasteiger charge is -2.21. The number of esters is 1. The molecule has 0 N–H and O–H groups in total. The van der Waals surface area contributed by atoms with E-state index in [2.05, 4.69) is 0 Å². The predicted molar refractivity (Wildman–Crippen MR) is 60.1 cm³/mol. The molecule has 0 aliphatic carbocycles. The van der Waals surface area contributed by atoms with Crippen LogP contribution in [-0.2, 0) is 14.3 Å². The Bertz CT molecular complexity index is 228. The third kappa shape index (κ3) is 6.27. The highest BCUT2D eigenvalue weighted by atomic mass is 16.6. The molecule has 0 aliphatic rings. The highest BCUT2D eigenvalue weighted by molar-refractivity contribution is 5.78. The first-order chi connectivity index (χ1) is 7.51. The summed E-state index contributed by atoms with van der Waals surface area (Å²) in [6.45, 7) is 7.96.